The van der Waals surface area contributed by atoms with E-state index >= 15 is 0 Å². The molecule has 1 amide bonds. The summed E-state index contributed by atoms with van der Waals surface area (Å²) in [5.74, 6) is -0.492. The van der Waals surface area contributed by atoms with E-state index in [4.69, 9.17) is 0 Å². The summed E-state index contributed by atoms with van der Waals surface area (Å²) in [6, 6.07) is 24.0. The average molecular weight is 469 g/mol. The number of hydrogen-bond donors (Lipinski definition) is 1. The van der Waals surface area contributed by atoms with Gasteiger partial charge in [0, 0.05) is 28.4 Å². The van der Waals surface area contributed by atoms with Crippen molar-refractivity contribution in [3.63, 3.8) is 0 Å². The molecule has 0 radical (unpaired) electrons. The monoisotopic (exact) mass is 468 g/mol. The molecule has 0 aliphatic heterocycles. The molecular formula is C28H25FN4O2. The summed E-state index contributed by atoms with van der Waals surface area (Å²) < 4.78 is 17.4. The molecule has 2 aromatic heterocycles. The smallest absolute Gasteiger partial charge is 0.291 e. The van der Waals surface area contributed by atoms with Gasteiger partial charge in [-0.25, -0.2) is 9.07 Å². The molecule has 5 aromatic rings. The van der Waals surface area contributed by atoms with Gasteiger partial charge in [-0.3, -0.25) is 9.59 Å². The third-order valence-corrected chi connectivity index (χ3v) is 6.33. The van der Waals surface area contributed by atoms with Crippen molar-refractivity contribution in [1.82, 2.24) is 19.7 Å². The van der Waals surface area contributed by atoms with Gasteiger partial charge in [0.15, 0.2) is 0 Å². The average Bonchev–Trinajstić information content (AvgIpc) is 3.20. The lowest BCUT2D eigenvalue weighted by Crippen LogP contribution is -2.35. The zero-order valence-electron chi connectivity index (χ0n) is 19.3. The Morgan fingerprint density at radius 3 is 2.49 bits per heavy atom. The van der Waals surface area contributed by atoms with Gasteiger partial charge in [0.1, 0.15) is 17.9 Å². The van der Waals surface area contributed by atoms with Gasteiger partial charge in [-0.15, -0.1) is 0 Å². The van der Waals surface area contributed by atoms with Crippen LogP contribution in [0.2, 0.25) is 0 Å². The fraction of sp³-hybridized carbons (Fsp3) is 0.179. The number of carbonyl (C=O) groups excluding carboxylic acids is 1. The van der Waals surface area contributed by atoms with Crippen LogP contribution < -0.4 is 10.9 Å². The quantitative estimate of drug-likeness (QED) is 0.384. The van der Waals surface area contributed by atoms with E-state index in [-0.39, 0.29) is 36.3 Å². The summed E-state index contributed by atoms with van der Waals surface area (Å²) in [7, 11) is 0. The van der Waals surface area contributed by atoms with E-state index in [1.54, 1.807) is 29.0 Å². The van der Waals surface area contributed by atoms with Crippen molar-refractivity contribution in [2.75, 3.05) is 6.54 Å². The Balaban J connectivity index is 1.46. The van der Waals surface area contributed by atoms with Crippen molar-refractivity contribution in [1.29, 1.82) is 0 Å². The van der Waals surface area contributed by atoms with Crippen molar-refractivity contribution >= 4 is 27.7 Å². The van der Waals surface area contributed by atoms with Crippen LogP contribution in [0.1, 0.15) is 24.0 Å². The maximum atomic E-state index is 14.4. The number of benzene rings is 3. The SMILES string of the molecule is C[C@@H](CNC(=O)Cn1ncc2c3ccccc3n(Cc3ccccc3F)c2c1=O)c1ccccc1. The molecule has 1 N–H and O–H groups in total. The van der Waals surface area contributed by atoms with Gasteiger partial charge in [-0.1, -0.05) is 73.7 Å². The molecule has 0 unspecified atom stereocenters. The van der Waals surface area contributed by atoms with E-state index in [1.165, 1.54) is 10.7 Å². The lowest BCUT2D eigenvalue weighted by atomic mass is 10.0. The Hall–Kier alpha value is -4.26. The molecule has 0 aliphatic carbocycles. The first kappa shape index (κ1) is 22.5. The summed E-state index contributed by atoms with van der Waals surface area (Å²) in [4.78, 5) is 26.2. The largest absolute Gasteiger partial charge is 0.354 e. The number of halogens is 1. The summed E-state index contributed by atoms with van der Waals surface area (Å²) in [6.45, 7) is 2.48. The molecule has 0 saturated carbocycles. The molecule has 0 bridgehead atoms. The van der Waals surface area contributed by atoms with E-state index in [0.29, 0.717) is 23.0 Å². The Kier molecular flexibility index (Phi) is 6.14. The number of aromatic nitrogens is 3. The summed E-state index contributed by atoms with van der Waals surface area (Å²) >= 11 is 0. The van der Waals surface area contributed by atoms with Gasteiger partial charge in [0.25, 0.3) is 5.56 Å². The van der Waals surface area contributed by atoms with Crippen molar-refractivity contribution in [2.24, 2.45) is 0 Å². The Bertz CT molecular complexity index is 1570. The minimum absolute atomic E-state index is 0.135. The van der Waals surface area contributed by atoms with Gasteiger partial charge >= 0.3 is 0 Å². The van der Waals surface area contributed by atoms with Crippen molar-refractivity contribution < 1.29 is 9.18 Å². The molecule has 1 atom stereocenters. The second-order valence-corrected chi connectivity index (χ2v) is 8.68. The van der Waals surface area contributed by atoms with E-state index in [2.05, 4.69) is 10.4 Å². The van der Waals surface area contributed by atoms with Crippen LogP contribution >= 0.6 is 0 Å². The Labute approximate surface area is 201 Å². The second-order valence-electron chi connectivity index (χ2n) is 8.68. The highest BCUT2D eigenvalue weighted by atomic mass is 19.1. The van der Waals surface area contributed by atoms with Gasteiger partial charge in [0.2, 0.25) is 5.91 Å². The lowest BCUT2D eigenvalue weighted by Gasteiger charge is -2.13. The second kappa shape index (κ2) is 9.54. The first-order chi connectivity index (χ1) is 17.0. The predicted octanol–water partition coefficient (Wildman–Crippen LogP) is 4.46. The van der Waals surface area contributed by atoms with Crippen LogP contribution in [-0.4, -0.2) is 26.8 Å². The minimum atomic E-state index is -0.388. The standard InChI is InChI=1S/C28H25FN4O2/c1-19(20-9-3-2-4-10-20)15-30-26(34)18-33-28(35)27-23(16-31-33)22-12-6-8-14-25(22)32(27)17-21-11-5-7-13-24(21)29/h2-14,16,19H,15,17-18H2,1H3,(H,30,34)/t19-/m0/s1. The van der Waals surface area contributed by atoms with E-state index < -0.39 is 0 Å². The van der Waals surface area contributed by atoms with Crippen molar-refractivity contribution in [2.45, 2.75) is 25.9 Å². The van der Waals surface area contributed by atoms with Gasteiger partial charge in [-0.2, -0.15) is 5.10 Å². The maximum Gasteiger partial charge on any atom is 0.291 e. The van der Waals surface area contributed by atoms with Crippen LogP contribution in [0.25, 0.3) is 21.8 Å². The molecule has 6 nitrogen and oxygen atoms in total. The molecule has 3 aromatic carbocycles. The molecule has 0 aliphatic rings. The predicted molar refractivity (Wildman–Crippen MR) is 135 cm³/mol. The Morgan fingerprint density at radius 2 is 1.69 bits per heavy atom. The summed E-state index contributed by atoms with van der Waals surface area (Å²) in [5.41, 5.74) is 2.42. The highest BCUT2D eigenvalue weighted by Gasteiger charge is 2.18. The molecule has 176 valence electrons. The van der Waals surface area contributed by atoms with Gasteiger partial charge < -0.3 is 9.88 Å². The van der Waals surface area contributed by atoms with Gasteiger partial charge in [0.05, 0.1) is 12.7 Å². The number of rotatable bonds is 7. The van der Waals surface area contributed by atoms with Crippen molar-refractivity contribution in [3.05, 3.63) is 112 Å². The number of fused-ring (bicyclic) bond motifs is 3. The first-order valence-corrected chi connectivity index (χ1v) is 11.5. The van der Waals surface area contributed by atoms with Crippen molar-refractivity contribution in [3.8, 4) is 0 Å². The number of nitrogens with one attached hydrogen (secondary N) is 1. The fourth-order valence-corrected chi connectivity index (χ4v) is 4.43. The normalized spacial score (nSPS) is 12.2. The number of amides is 1. The molecule has 7 heteroatoms. The van der Waals surface area contributed by atoms with Crippen LogP contribution in [0.5, 0.6) is 0 Å². The topological polar surface area (TPSA) is 68.9 Å². The summed E-state index contributed by atoms with van der Waals surface area (Å²) in [6.07, 6.45) is 1.61. The van der Waals surface area contributed by atoms with Crippen LogP contribution in [0.15, 0.2) is 89.9 Å². The molecular weight excluding hydrogens is 443 g/mol. The summed E-state index contributed by atoms with van der Waals surface area (Å²) in [5, 5.41) is 8.71. The molecule has 0 spiro atoms. The highest BCUT2D eigenvalue weighted by Crippen LogP contribution is 2.27. The molecule has 0 fully saturated rings. The third kappa shape index (κ3) is 4.45. The zero-order chi connectivity index (χ0) is 24.4. The van der Waals surface area contributed by atoms with E-state index in [9.17, 15) is 14.0 Å². The van der Waals surface area contributed by atoms with E-state index in [1.807, 2.05) is 61.5 Å². The maximum absolute atomic E-state index is 14.4. The number of para-hydroxylation sites is 1. The molecule has 5 rings (SSSR count). The zero-order valence-corrected chi connectivity index (χ0v) is 19.3. The first-order valence-electron chi connectivity index (χ1n) is 11.5. The van der Waals surface area contributed by atoms with Crippen LogP contribution in [0.3, 0.4) is 0 Å². The Morgan fingerprint density at radius 1 is 0.971 bits per heavy atom. The van der Waals surface area contributed by atoms with Gasteiger partial charge in [-0.05, 0) is 23.6 Å². The molecule has 2 heterocycles. The highest BCUT2D eigenvalue weighted by molar-refractivity contribution is 6.07. The number of hydrogen-bond acceptors (Lipinski definition) is 3. The molecule has 35 heavy (non-hydrogen) atoms. The van der Waals surface area contributed by atoms with Crippen LogP contribution in [-0.2, 0) is 17.9 Å². The van der Waals surface area contributed by atoms with E-state index in [0.717, 1.165) is 16.5 Å². The van der Waals surface area contributed by atoms with Crippen LogP contribution in [0, 0.1) is 5.82 Å². The fourth-order valence-electron chi connectivity index (χ4n) is 4.43. The molecule has 0 saturated heterocycles. The number of carbonyl (C=O) groups is 1. The third-order valence-electron chi connectivity index (χ3n) is 6.33. The van der Waals surface area contributed by atoms with Crippen LogP contribution in [0.4, 0.5) is 4.39 Å². The lowest BCUT2D eigenvalue weighted by molar-refractivity contribution is -0.121. The number of nitrogens with zero attached hydrogens (tertiary/aromatic N) is 3. The minimum Gasteiger partial charge on any atom is -0.354 e.